The monoisotopic (exact) mass is 272 g/mol. The molecule has 1 heterocycles. The molecule has 0 aliphatic heterocycles. The number of aromatic nitrogens is 2. The molecule has 108 valence electrons. The molecule has 3 nitrogen and oxygen atoms in total. The SMILES string of the molecule is CCCc1c(CC(C)C)nn(-c2cccc(C)c2)c1O. The first kappa shape index (κ1) is 14.6. The molecule has 3 heteroatoms. The number of rotatable bonds is 5. The zero-order chi connectivity index (χ0) is 14.7. The third-order valence-electron chi connectivity index (χ3n) is 3.39. The first-order valence-electron chi connectivity index (χ1n) is 7.39. The van der Waals surface area contributed by atoms with Gasteiger partial charge in [-0.15, -0.1) is 0 Å². The molecule has 1 N–H and O–H groups in total. The number of benzene rings is 1. The van der Waals surface area contributed by atoms with Crippen molar-refractivity contribution in [2.24, 2.45) is 5.92 Å². The molecule has 0 unspecified atom stereocenters. The minimum atomic E-state index is 0.299. The Hall–Kier alpha value is -1.77. The lowest BCUT2D eigenvalue weighted by Gasteiger charge is -2.04. The van der Waals surface area contributed by atoms with Crippen molar-refractivity contribution in [1.82, 2.24) is 9.78 Å². The first-order chi connectivity index (χ1) is 9.52. The van der Waals surface area contributed by atoms with Crippen LogP contribution in [-0.2, 0) is 12.8 Å². The molecule has 0 spiro atoms. The molecule has 1 aromatic heterocycles. The van der Waals surface area contributed by atoms with E-state index < -0.39 is 0 Å². The maximum atomic E-state index is 10.5. The Morgan fingerprint density at radius 2 is 2.05 bits per heavy atom. The second-order valence-electron chi connectivity index (χ2n) is 5.85. The summed E-state index contributed by atoms with van der Waals surface area (Å²) in [7, 11) is 0. The van der Waals surface area contributed by atoms with Crippen LogP contribution in [0.25, 0.3) is 5.69 Å². The molecule has 0 amide bonds. The fourth-order valence-corrected chi connectivity index (χ4v) is 2.48. The number of nitrogens with zero attached hydrogens (tertiary/aromatic N) is 2. The molecule has 0 radical (unpaired) electrons. The average Bonchev–Trinajstić information content (AvgIpc) is 2.67. The van der Waals surface area contributed by atoms with Gasteiger partial charge in [-0.05, 0) is 43.4 Å². The van der Waals surface area contributed by atoms with Gasteiger partial charge >= 0.3 is 0 Å². The van der Waals surface area contributed by atoms with Crippen molar-refractivity contribution in [2.75, 3.05) is 0 Å². The van der Waals surface area contributed by atoms with E-state index in [1.54, 1.807) is 4.68 Å². The largest absolute Gasteiger partial charge is 0.493 e. The van der Waals surface area contributed by atoms with Crippen LogP contribution in [0, 0.1) is 12.8 Å². The topological polar surface area (TPSA) is 38.0 Å². The minimum Gasteiger partial charge on any atom is -0.493 e. The van der Waals surface area contributed by atoms with Gasteiger partial charge in [0, 0.05) is 5.56 Å². The highest BCUT2D eigenvalue weighted by Crippen LogP contribution is 2.28. The summed E-state index contributed by atoms with van der Waals surface area (Å²) in [5, 5.41) is 15.1. The van der Waals surface area contributed by atoms with E-state index in [1.165, 1.54) is 5.56 Å². The normalized spacial score (nSPS) is 11.2. The van der Waals surface area contributed by atoms with Crippen molar-refractivity contribution < 1.29 is 5.11 Å². The van der Waals surface area contributed by atoms with E-state index in [9.17, 15) is 5.11 Å². The van der Waals surface area contributed by atoms with Gasteiger partial charge in [0.1, 0.15) is 0 Å². The molecule has 0 fully saturated rings. The highest BCUT2D eigenvalue weighted by Gasteiger charge is 2.18. The standard InChI is InChI=1S/C17H24N2O/c1-5-7-15-16(10-12(2)3)18-19(17(15)20)14-9-6-8-13(4)11-14/h6,8-9,11-12,20H,5,7,10H2,1-4H3. The third-order valence-corrected chi connectivity index (χ3v) is 3.39. The van der Waals surface area contributed by atoms with Crippen molar-refractivity contribution in [3.63, 3.8) is 0 Å². The van der Waals surface area contributed by atoms with Gasteiger partial charge in [-0.3, -0.25) is 0 Å². The zero-order valence-corrected chi connectivity index (χ0v) is 12.8. The van der Waals surface area contributed by atoms with E-state index in [4.69, 9.17) is 0 Å². The van der Waals surface area contributed by atoms with Crippen molar-refractivity contribution >= 4 is 0 Å². The summed E-state index contributed by atoms with van der Waals surface area (Å²) < 4.78 is 1.68. The Morgan fingerprint density at radius 1 is 1.30 bits per heavy atom. The van der Waals surface area contributed by atoms with Crippen molar-refractivity contribution in [2.45, 2.75) is 47.0 Å². The average molecular weight is 272 g/mol. The number of hydrogen-bond acceptors (Lipinski definition) is 2. The summed E-state index contributed by atoms with van der Waals surface area (Å²) in [5.74, 6) is 0.832. The predicted molar refractivity (Wildman–Crippen MR) is 82.5 cm³/mol. The molecule has 20 heavy (non-hydrogen) atoms. The van der Waals surface area contributed by atoms with E-state index in [0.717, 1.165) is 36.2 Å². The molecule has 1 aromatic carbocycles. The van der Waals surface area contributed by atoms with Gasteiger partial charge in [-0.1, -0.05) is 39.3 Å². The summed E-state index contributed by atoms with van der Waals surface area (Å²) in [6.45, 7) is 8.53. The van der Waals surface area contributed by atoms with Gasteiger partial charge in [0.15, 0.2) is 0 Å². The Bertz CT molecular complexity index is 585. The summed E-state index contributed by atoms with van der Waals surface area (Å²) >= 11 is 0. The summed E-state index contributed by atoms with van der Waals surface area (Å²) in [4.78, 5) is 0. The number of aromatic hydroxyl groups is 1. The lowest BCUT2D eigenvalue weighted by Crippen LogP contribution is -2.00. The first-order valence-corrected chi connectivity index (χ1v) is 7.39. The van der Waals surface area contributed by atoms with Crippen LogP contribution >= 0.6 is 0 Å². The molecule has 0 aliphatic carbocycles. The summed E-state index contributed by atoms with van der Waals surface area (Å²) in [5.41, 5.74) is 4.12. The van der Waals surface area contributed by atoms with E-state index >= 15 is 0 Å². The van der Waals surface area contributed by atoms with Crippen LogP contribution in [0.1, 0.15) is 44.0 Å². The molecular formula is C17H24N2O. The van der Waals surface area contributed by atoms with Crippen LogP contribution in [0.5, 0.6) is 5.88 Å². The van der Waals surface area contributed by atoms with Crippen molar-refractivity contribution in [3.05, 3.63) is 41.1 Å². The highest BCUT2D eigenvalue weighted by atomic mass is 16.3. The van der Waals surface area contributed by atoms with Crippen LogP contribution in [0.3, 0.4) is 0 Å². The number of aryl methyl sites for hydroxylation is 1. The van der Waals surface area contributed by atoms with E-state index in [0.29, 0.717) is 11.8 Å². The van der Waals surface area contributed by atoms with Crippen LogP contribution in [0.4, 0.5) is 0 Å². The van der Waals surface area contributed by atoms with Gasteiger partial charge in [-0.25, -0.2) is 4.68 Å². The Morgan fingerprint density at radius 3 is 2.65 bits per heavy atom. The maximum Gasteiger partial charge on any atom is 0.217 e. The van der Waals surface area contributed by atoms with Gasteiger partial charge in [0.25, 0.3) is 0 Å². The fourth-order valence-electron chi connectivity index (χ4n) is 2.48. The summed E-state index contributed by atoms with van der Waals surface area (Å²) in [6, 6.07) is 8.07. The second-order valence-corrected chi connectivity index (χ2v) is 5.85. The van der Waals surface area contributed by atoms with E-state index in [1.807, 2.05) is 31.2 Å². The van der Waals surface area contributed by atoms with Crippen molar-refractivity contribution in [3.8, 4) is 11.6 Å². The van der Waals surface area contributed by atoms with Gasteiger partial charge in [-0.2, -0.15) is 5.10 Å². The maximum absolute atomic E-state index is 10.5. The molecule has 2 aromatic rings. The summed E-state index contributed by atoms with van der Waals surface area (Å²) in [6.07, 6.45) is 2.79. The molecule has 0 saturated carbocycles. The van der Waals surface area contributed by atoms with E-state index in [-0.39, 0.29) is 0 Å². The third kappa shape index (κ3) is 3.03. The lowest BCUT2D eigenvalue weighted by molar-refractivity contribution is 0.427. The van der Waals surface area contributed by atoms with Crippen LogP contribution in [-0.4, -0.2) is 14.9 Å². The minimum absolute atomic E-state index is 0.299. The smallest absolute Gasteiger partial charge is 0.217 e. The molecule has 0 aliphatic rings. The molecular weight excluding hydrogens is 248 g/mol. The molecule has 0 bridgehead atoms. The highest BCUT2D eigenvalue weighted by molar-refractivity contribution is 5.42. The molecule has 0 saturated heterocycles. The second kappa shape index (κ2) is 6.12. The van der Waals surface area contributed by atoms with Gasteiger partial charge < -0.3 is 5.11 Å². The molecule has 2 rings (SSSR count). The quantitative estimate of drug-likeness (QED) is 0.892. The van der Waals surface area contributed by atoms with Gasteiger partial charge in [0.2, 0.25) is 5.88 Å². The zero-order valence-electron chi connectivity index (χ0n) is 12.8. The molecule has 0 atom stereocenters. The van der Waals surface area contributed by atoms with Crippen molar-refractivity contribution in [1.29, 1.82) is 0 Å². The Kier molecular flexibility index (Phi) is 4.48. The Labute approximate surface area is 121 Å². The fraction of sp³-hybridized carbons (Fsp3) is 0.471. The van der Waals surface area contributed by atoms with Crippen LogP contribution in [0.2, 0.25) is 0 Å². The van der Waals surface area contributed by atoms with Gasteiger partial charge in [0.05, 0.1) is 11.4 Å². The van der Waals surface area contributed by atoms with Crippen LogP contribution in [0.15, 0.2) is 24.3 Å². The number of hydrogen-bond donors (Lipinski definition) is 1. The predicted octanol–water partition coefficient (Wildman–Crippen LogP) is 4.04. The van der Waals surface area contributed by atoms with Crippen LogP contribution < -0.4 is 0 Å². The lowest BCUT2D eigenvalue weighted by atomic mass is 10.0. The van der Waals surface area contributed by atoms with E-state index in [2.05, 4.69) is 25.9 Å². The Balaban J connectivity index is 2.48.